The van der Waals surface area contributed by atoms with Crippen molar-refractivity contribution in [2.45, 2.75) is 24.4 Å². The maximum absolute atomic E-state index is 13.2. The standard InChI is InChI=1S/C11H5F8NO/c12-7-4-5(3-6(8(7)13)10(14,15)16)9(11(17,18)19)1-2-20-21-9/h2-4H,1H2. The molecule has 1 aromatic carbocycles. The number of rotatable bonds is 1. The van der Waals surface area contributed by atoms with Crippen molar-refractivity contribution in [2.24, 2.45) is 5.16 Å². The predicted octanol–water partition coefficient (Wildman–Crippen LogP) is 4.15. The van der Waals surface area contributed by atoms with Crippen molar-refractivity contribution < 1.29 is 40.0 Å². The highest BCUT2D eigenvalue weighted by molar-refractivity contribution is 5.61. The van der Waals surface area contributed by atoms with Crippen LogP contribution in [0.2, 0.25) is 0 Å². The molecule has 0 fully saturated rings. The van der Waals surface area contributed by atoms with Gasteiger partial charge in [-0.15, -0.1) is 0 Å². The molecule has 0 aliphatic carbocycles. The molecule has 0 radical (unpaired) electrons. The summed E-state index contributed by atoms with van der Waals surface area (Å²) in [4.78, 5) is 4.14. The van der Waals surface area contributed by atoms with Crippen molar-refractivity contribution in [1.29, 1.82) is 0 Å². The molecule has 1 unspecified atom stereocenters. The highest BCUT2D eigenvalue weighted by Crippen LogP contribution is 2.48. The van der Waals surface area contributed by atoms with Crippen LogP contribution >= 0.6 is 0 Å². The van der Waals surface area contributed by atoms with Crippen molar-refractivity contribution in [3.05, 3.63) is 34.9 Å². The van der Waals surface area contributed by atoms with Crippen LogP contribution in [-0.2, 0) is 16.6 Å². The normalized spacial score (nSPS) is 22.5. The van der Waals surface area contributed by atoms with Gasteiger partial charge in [0.25, 0.3) is 5.60 Å². The van der Waals surface area contributed by atoms with E-state index in [1.165, 1.54) is 0 Å². The summed E-state index contributed by atoms with van der Waals surface area (Å²) < 4.78 is 103. The first-order chi connectivity index (χ1) is 9.49. The van der Waals surface area contributed by atoms with Gasteiger partial charge in [0, 0.05) is 18.2 Å². The van der Waals surface area contributed by atoms with Gasteiger partial charge in [-0.3, -0.25) is 0 Å². The summed E-state index contributed by atoms with van der Waals surface area (Å²) in [6.07, 6.45) is -10.8. The smallest absolute Gasteiger partial charge is 0.375 e. The summed E-state index contributed by atoms with van der Waals surface area (Å²) in [5.41, 5.74) is -6.61. The highest BCUT2D eigenvalue weighted by Gasteiger charge is 2.61. The largest absolute Gasteiger partial charge is 0.435 e. The van der Waals surface area contributed by atoms with Crippen molar-refractivity contribution in [1.82, 2.24) is 0 Å². The lowest BCUT2D eigenvalue weighted by Gasteiger charge is -2.29. The Hall–Kier alpha value is -1.87. The first-order valence-electron chi connectivity index (χ1n) is 5.32. The predicted molar refractivity (Wildman–Crippen MR) is 53.3 cm³/mol. The summed E-state index contributed by atoms with van der Waals surface area (Å²) in [5.74, 6) is -4.33. The molecule has 1 aliphatic rings. The Kier molecular flexibility index (Phi) is 3.37. The monoisotopic (exact) mass is 319 g/mol. The third-order valence-electron chi connectivity index (χ3n) is 2.92. The molecule has 0 aromatic heterocycles. The first-order valence-corrected chi connectivity index (χ1v) is 5.32. The zero-order valence-corrected chi connectivity index (χ0v) is 9.82. The van der Waals surface area contributed by atoms with E-state index in [-0.39, 0.29) is 12.1 Å². The van der Waals surface area contributed by atoms with Gasteiger partial charge in [0.1, 0.15) is 0 Å². The minimum absolute atomic E-state index is 0.0206. The molecule has 0 saturated carbocycles. The number of hydrogen-bond acceptors (Lipinski definition) is 2. The third kappa shape index (κ3) is 2.42. The van der Waals surface area contributed by atoms with E-state index in [4.69, 9.17) is 0 Å². The van der Waals surface area contributed by atoms with E-state index in [9.17, 15) is 35.1 Å². The molecule has 0 spiro atoms. The van der Waals surface area contributed by atoms with Crippen molar-refractivity contribution in [3.8, 4) is 0 Å². The van der Waals surface area contributed by atoms with Crippen LogP contribution in [0.1, 0.15) is 17.5 Å². The van der Waals surface area contributed by atoms with Crippen molar-refractivity contribution >= 4 is 6.21 Å². The van der Waals surface area contributed by atoms with Crippen LogP contribution in [0.3, 0.4) is 0 Å². The molecule has 1 atom stereocenters. The zero-order valence-electron chi connectivity index (χ0n) is 9.82. The van der Waals surface area contributed by atoms with E-state index in [1.807, 2.05) is 0 Å². The van der Waals surface area contributed by atoms with Crippen LogP contribution in [0.4, 0.5) is 35.1 Å². The molecule has 2 nitrogen and oxygen atoms in total. The summed E-state index contributed by atoms with van der Waals surface area (Å²) in [5, 5.41) is 2.88. The summed E-state index contributed by atoms with van der Waals surface area (Å²) >= 11 is 0. The van der Waals surface area contributed by atoms with Gasteiger partial charge in [-0.2, -0.15) is 26.3 Å². The van der Waals surface area contributed by atoms with Gasteiger partial charge in [-0.1, -0.05) is 5.16 Å². The molecular formula is C11H5F8NO. The van der Waals surface area contributed by atoms with Crippen LogP contribution in [0.25, 0.3) is 0 Å². The summed E-state index contributed by atoms with van der Waals surface area (Å²) in [6.45, 7) is 0. The second-order valence-corrected chi connectivity index (χ2v) is 4.23. The SMILES string of the molecule is Fc1cc(C2(C(F)(F)F)CC=NO2)cc(C(F)(F)F)c1F. The quantitative estimate of drug-likeness (QED) is 0.713. The Balaban J connectivity index is 2.67. The molecule has 0 amide bonds. The average molecular weight is 319 g/mol. The molecule has 0 N–H and O–H groups in total. The molecule has 21 heavy (non-hydrogen) atoms. The van der Waals surface area contributed by atoms with Gasteiger partial charge in [0.15, 0.2) is 11.6 Å². The molecule has 1 aliphatic heterocycles. The second-order valence-electron chi connectivity index (χ2n) is 4.23. The lowest BCUT2D eigenvalue weighted by atomic mass is 9.89. The van der Waals surface area contributed by atoms with Gasteiger partial charge in [-0.05, 0) is 12.1 Å². The van der Waals surface area contributed by atoms with E-state index in [2.05, 4.69) is 9.99 Å². The molecule has 1 heterocycles. The molecular weight excluding hydrogens is 314 g/mol. The Bertz CT molecular complexity index is 581. The molecule has 116 valence electrons. The van der Waals surface area contributed by atoms with E-state index in [0.717, 1.165) is 0 Å². The highest BCUT2D eigenvalue weighted by atomic mass is 19.4. The number of hydrogen-bond donors (Lipinski definition) is 0. The Morgan fingerprint density at radius 2 is 1.67 bits per heavy atom. The van der Waals surface area contributed by atoms with Crippen molar-refractivity contribution in [3.63, 3.8) is 0 Å². The number of oxime groups is 1. The number of benzene rings is 1. The maximum Gasteiger partial charge on any atom is 0.435 e. The fraction of sp³-hybridized carbons (Fsp3) is 0.364. The van der Waals surface area contributed by atoms with Crippen LogP contribution in [0.15, 0.2) is 17.3 Å². The second kappa shape index (κ2) is 4.57. The first kappa shape index (κ1) is 15.5. The number of halogens is 8. The van der Waals surface area contributed by atoms with Gasteiger partial charge in [0.05, 0.1) is 5.56 Å². The molecule has 10 heteroatoms. The number of nitrogens with zero attached hydrogens (tertiary/aromatic N) is 1. The minimum Gasteiger partial charge on any atom is -0.375 e. The van der Waals surface area contributed by atoms with Crippen LogP contribution < -0.4 is 0 Å². The van der Waals surface area contributed by atoms with Gasteiger partial charge in [-0.25, -0.2) is 8.78 Å². The van der Waals surface area contributed by atoms with Crippen LogP contribution in [0.5, 0.6) is 0 Å². The Morgan fingerprint density at radius 1 is 1.05 bits per heavy atom. The van der Waals surface area contributed by atoms with E-state index in [0.29, 0.717) is 6.21 Å². The zero-order chi connectivity index (χ0) is 16.1. The van der Waals surface area contributed by atoms with Crippen LogP contribution in [0, 0.1) is 11.6 Å². The topological polar surface area (TPSA) is 21.6 Å². The summed E-state index contributed by atoms with van der Waals surface area (Å²) in [6, 6.07) is -0.104. The Labute approximate surface area is 112 Å². The average Bonchev–Trinajstić information content (AvgIpc) is 2.80. The third-order valence-corrected chi connectivity index (χ3v) is 2.92. The van der Waals surface area contributed by atoms with Crippen molar-refractivity contribution in [2.75, 3.05) is 0 Å². The molecule has 0 saturated heterocycles. The fourth-order valence-corrected chi connectivity index (χ4v) is 1.86. The fourth-order valence-electron chi connectivity index (χ4n) is 1.86. The lowest BCUT2D eigenvalue weighted by molar-refractivity contribution is -0.276. The number of alkyl halides is 6. The van der Waals surface area contributed by atoms with Gasteiger partial charge >= 0.3 is 12.4 Å². The van der Waals surface area contributed by atoms with Gasteiger partial charge < -0.3 is 4.84 Å². The molecule has 1 aromatic rings. The maximum atomic E-state index is 13.2. The van der Waals surface area contributed by atoms with Crippen LogP contribution in [-0.4, -0.2) is 12.4 Å². The van der Waals surface area contributed by atoms with E-state index >= 15 is 0 Å². The summed E-state index contributed by atoms with van der Waals surface area (Å²) in [7, 11) is 0. The van der Waals surface area contributed by atoms with Gasteiger partial charge in [0.2, 0.25) is 0 Å². The van der Waals surface area contributed by atoms with E-state index < -0.39 is 47.1 Å². The minimum atomic E-state index is -5.35. The Morgan fingerprint density at radius 3 is 2.10 bits per heavy atom. The van der Waals surface area contributed by atoms with E-state index in [1.54, 1.807) is 0 Å². The molecule has 2 rings (SSSR count). The lowest BCUT2D eigenvalue weighted by Crippen LogP contribution is -2.42. The molecule has 0 bridgehead atoms.